The number of rotatable bonds is 4. The lowest BCUT2D eigenvalue weighted by atomic mass is 9.86. The summed E-state index contributed by atoms with van der Waals surface area (Å²) in [5.41, 5.74) is 14.4. The lowest BCUT2D eigenvalue weighted by molar-refractivity contribution is 0.478. The molecular formula is C16H18N4S. The van der Waals surface area contributed by atoms with Gasteiger partial charge in [-0.25, -0.2) is 0 Å². The Morgan fingerprint density at radius 2 is 1.95 bits per heavy atom. The number of hydrogen-bond acceptors (Lipinski definition) is 5. The molecule has 108 valence electrons. The Balaban J connectivity index is 2.21. The lowest BCUT2D eigenvalue weighted by Crippen LogP contribution is -2.41. The molecule has 3 rings (SSSR count). The number of aryl methyl sites for hydroxylation is 1. The van der Waals surface area contributed by atoms with Crippen LogP contribution < -0.4 is 11.5 Å². The predicted molar refractivity (Wildman–Crippen MR) is 87.2 cm³/mol. The Morgan fingerprint density at radius 1 is 1.14 bits per heavy atom. The first-order chi connectivity index (χ1) is 10.1. The Kier molecular flexibility index (Phi) is 3.71. The summed E-state index contributed by atoms with van der Waals surface area (Å²) in [5.74, 6) is 0. The molecule has 2 aromatic heterocycles. The second kappa shape index (κ2) is 5.52. The van der Waals surface area contributed by atoms with Crippen molar-refractivity contribution in [1.29, 1.82) is 0 Å². The summed E-state index contributed by atoms with van der Waals surface area (Å²) in [7, 11) is 0. The molecule has 0 aliphatic carbocycles. The van der Waals surface area contributed by atoms with Crippen LogP contribution in [-0.2, 0) is 5.54 Å². The van der Waals surface area contributed by atoms with Gasteiger partial charge in [0.1, 0.15) is 5.54 Å². The van der Waals surface area contributed by atoms with Crippen LogP contribution in [-0.4, -0.2) is 15.9 Å². The Hall–Kier alpha value is -1.82. The molecule has 1 unspecified atom stereocenters. The molecule has 0 radical (unpaired) electrons. The van der Waals surface area contributed by atoms with E-state index in [9.17, 15) is 0 Å². The zero-order chi connectivity index (χ0) is 14.9. The van der Waals surface area contributed by atoms with Gasteiger partial charge >= 0.3 is 0 Å². The van der Waals surface area contributed by atoms with E-state index in [2.05, 4.69) is 21.5 Å². The molecule has 0 saturated heterocycles. The van der Waals surface area contributed by atoms with E-state index in [1.807, 2.05) is 37.3 Å². The van der Waals surface area contributed by atoms with Crippen molar-refractivity contribution in [2.24, 2.45) is 11.5 Å². The van der Waals surface area contributed by atoms with Gasteiger partial charge in [0.2, 0.25) is 0 Å². The van der Waals surface area contributed by atoms with E-state index >= 15 is 0 Å². The highest BCUT2D eigenvalue weighted by Crippen LogP contribution is 2.35. The summed E-state index contributed by atoms with van der Waals surface area (Å²) < 4.78 is 5.74. The summed E-state index contributed by atoms with van der Waals surface area (Å²) in [5, 5.41) is 1.08. The van der Waals surface area contributed by atoms with Crippen LogP contribution >= 0.6 is 11.5 Å². The highest BCUT2D eigenvalue weighted by atomic mass is 32.1. The fourth-order valence-electron chi connectivity index (χ4n) is 2.59. The van der Waals surface area contributed by atoms with Crippen molar-refractivity contribution >= 4 is 21.6 Å². The second-order valence-corrected chi connectivity index (χ2v) is 6.01. The second-order valence-electron chi connectivity index (χ2n) is 5.20. The third-order valence-electron chi connectivity index (χ3n) is 3.68. The first-order valence-electron chi connectivity index (χ1n) is 6.93. The van der Waals surface area contributed by atoms with Gasteiger partial charge < -0.3 is 11.5 Å². The first-order valence-corrected chi connectivity index (χ1v) is 7.70. The molecule has 1 aromatic carbocycles. The third kappa shape index (κ3) is 2.44. The molecule has 1 atom stereocenters. The van der Waals surface area contributed by atoms with Crippen molar-refractivity contribution in [3.05, 3.63) is 59.5 Å². The van der Waals surface area contributed by atoms with Crippen LogP contribution in [0.1, 0.15) is 23.5 Å². The van der Waals surface area contributed by atoms with Gasteiger partial charge in [-0.2, -0.15) is 4.37 Å². The normalized spacial score (nSPS) is 14.2. The monoisotopic (exact) mass is 298 g/mol. The molecule has 0 aliphatic heterocycles. The van der Waals surface area contributed by atoms with Crippen molar-refractivity contribution in [3.63, 3.8) is 0 Å². The zero-order valence-corrected chi connectivity index (χ0v) is 12.7. The maximum absolute atomic E-state index is 6.73. The quantitative estimate of drug-likeness (QED) is 0.776. The van der Waals surface area contributed by atoms with Gasteiger partial charge in [-0.15, -0.1) is 0 Å². The molecule has 0 saturated carbocycles. The molecular weight excluding hydrogens is 280 g/mol. The average Bonchev–Trinajstić information content (AvgIpc) is 2.92. The van der Waals surface area contributed by atoms with E-state index in [4.69, 9.17) is 11.5 Å². The van der Waals surface area contributed by atoms with Gasteiger partial charge in [-0.1, -0.05) is 24.3 Å². The molecule has 0 spiro atoms. The lowest BCUT2D eigenvalue weighted by Gasteiger charge is -2.27. The number of benzene rings is 1. The topological polar surface area (TPSA) is 77.8 Å². The highest BCUT2D eigenvalue weighted by Gasteiger charge is 2.34. The molecule has 21 heavy (non-hydrogen) atoms. The number of aromatic nitrogens is 2. The van der Waals surface area contributed by atoms with Crippen LogP contribution in [0.4, 0.5) is 0 Å². The maximum Gasteiger partial charge on any atom is 0.104 e. The van der Waals surface area contributed by atoms with Crippen LogP contribution in [0.25, 0.3) is 10.1 Å². The van der Waals surface area contributed by atoms with Crippen LogP contribution in [0.3, 0.4) is 0 Å². The minimum absolute atomic E-state index is 0.484. The summed E-state index contributed by atoms with van der Waals surface area (Å²) in [6, 6.07) is 14.0. The van der Waals surface area contributed by atoms with Crippen LogP contribution in [0.2, 0.25) is 0 Å². The average molecular weight is 298 g/mol. The van der Waals surface area contributed by atoms with Crippen LogP contribution in [0.5, 0.6) is 0 Å². The highest BCUT2D eigenvalue weighted by molar-refractivity contribution is 7.13. The van der Waals surface area contributed by atoms with Crippen molar-refractivity contribution in [2.75, 3.05) is 6.54 Å². The summed E-state index contributed by atoms with van der Waals surface area (Å²) in [6.45, 7) is 2.45. The minimum Gasteiger partial charge on any atom is -0.330 e. The number of nitrogens with zero attached hydrogens (tertiary/aromatic N) is 2. The van der Waals surface area contributed by atoms with Gasteiger partial charge in [0.05, 0.1) is 16.1 Å². The van der Waals surface area contributed by atoms with Gasteiger partial charge in [0, 0.05) is 11.1 Å². The molecule has 0 fully saturated rings. The molecule has 4 N–H and O–H groups in total. The van der Waals surface area contributed by atoms with E-state index in [1.165, 1.54) is 11.5 Å². The Bertz CT molecular complexity index is 768. The fourth-order valence-corrected chi connectivity index (χ4v) is 3.45. The predicted octanol–water partition coefficient (Wildman–Crippen LogP) is 2.55. The number of nitrogens with two attached hydrogens (primary N) is 2. The zero-order valence-electron chi connectivity index (χ0n) is 11.9. The number of fused-ring (bicyclic) bond motifs is 1. The summed E-state index contributed by atoms with van der Waals surface area (Å²) in [6.07, 6.45) is 0.608. The van der Waals surface area contributed by atoms with Gasteiger partial charge in [-0.3, -0.25) is 4.98 Å². The van der Waals surface area contributed by atoms with E-state index in [0.29, 0.717) is 13.0 Å². The molecule has 4 nitrogen and oxygen atoms in total. The number of pyridine rings is 1. The van der Waals surface area contributed by atoms with E-state index in [0.717, 1.165) is 27.2 Å². The maximum atomic E-state index is 6.73. The van der Waals surface area contributed by atoms with E-state index in [-0.39, 0.29) is 0 Å². The van der Waals surface area contributed by atoms with Gasteiger partial charge in [0.25, 0.3) is 0 Å². The van der Waals surface area contributed by atoms with Crippen molar-refractivity contribution in [1.82, 2.24) is 9.36 Å². The molecule has 0 amide bonds. The Labute approximate surface area is 128 Å². The van der Waals surface area contributed by atoms with E-state index in [1.54, 1.807) is 0 Å². The molecule has 0 aliphatic rings. The van der Waals surface area contributed by atoms with E-state index < -0.39 is 5.54 Å². The van der Waals surface area contributed by atoms with Gasteiger partial charge in [-0.05, 0) is 49.6 Å². The Morgan fingerprint density at radius 3 is 2.71 bits per heavy atom. The van der Waals surface area contributed by atoms with Crippen molar-refractivity contribution in [3.8, 4) is 0 Å². The fraction of sp³-hybridized carbons (Fsp3) is 0.250. The van der Waals surface area contributed by atoms with Gasteiger partial charge in [0.15, 0.2) is 0 Å². The summed E-state index contributed by atoms with van der Waals surface area (Å²) in [4.78, 5) is 4.61. The van der Waals surface area contributed by atoms with Crippen molar-refractivity contribution < 1.29 is 0 Å². The molecule has 0 bridgehead atoms. The summed E-state index contributed by atoms with van der Waals surface area (Å²) >= 11 is 1.47. The van der Waals surface area contributed by atoms with Crippen molar-refractivity contribution in [2.45, 2.75) is 18.9 Å². The smallest absolute Gasteiger partial charge is 0.104 e. The first kappa shape index (κ1) is 14.1. The molecule has 2 heterocycles. The largest absolute Gasteiger partial charge is 0.330 e. The SMILES string of the molecule is Cc1cccc(C(N)(CCN)c2nsc3ccccc23)n1. The standard InChI is InChI=1S/C16H18N4S/c1-11-5-4-8-14(19-11)16(18,9-10-17)15-12-6-2-3-7-13(12)21-20-15/h2-8H,9-10,17-18H2,1H3. The minimum atomic E-state index is -0.750. The molecule has 5 heteroatoms. The number of hydrogen-bond donors (Lipinski definition) is 2. The third-order valence-corrected chi connectivity index (χ3v) is 4.51. The van der Waals surface area contributed by atoms with Crippen LogP contribution in [0, 0.1) is 6.92 Å². The molecule has 3 aromatic rings. The van der Waals surface area contributed by atoms with Crippen LogP contribution in [0.15, 0.2) is 42.5 Å².